The highest BCUT2D eigenvalue weighted by atomic mass is 35.5. The first kappa shape index (κ1) is 33.0. The van der Waals surface area contributed by atoms with E-state index in [0.29, 0.717) is 33.5 Å². The van der Waals surface area contributed by atoms with Crippen LogP contribution in [0.1, 0.15) is 43.1 Å². The zero-order valence-electron chi connectivity index (χ0n) is 25.5. The third kappa shape index (κ3) is 7.88. The second kappa shape index (κ2) is 14.8. The molecule has 1 aromatic heterocycles. The minimum Gasteiger partial charge on any atom is -0.303 e. The van der Waals surface area contributed by atoms with Gasteiger partial charge in [-0.15, -0.1) is 0 Å². The van der Waals surface area contributed by atoms with E-state index in [1.165, 1.54) is 25.5 Å². The Balaban J connectivity index is 1.46. The third-order valence-corrected chi connectivity index (χ3v) is 9.48. The van der Waals surface area contributed by atoms with Crippen LogP contribution in [0, 0.1) is 0 Å². The molecular formula is C36H34Cl2N4O3S. The SMILES string of the molecule is CCCC/C=C/c1ccc(-c2ccc(Cc3nc(-c4ccc(Cl)cc4Cl)cn3-c3cccc(N(C)S(=O)(=O)NC=O)c3)cc2)cc1. The molecule has 0 radical (unpaired) electrons. The maximum atomic E-state index is 12.5. The average molecular weight is 674 g/mol. The van der Waals surface area contributed by atoms with Crippen LogP contribution in [0.15, 0.2) is 103 Å². The Morgan fingerprint density at radius 1 is 0.935 bits per heavy atom. The second-order valence-corrected chi connectivity index (χ2v) is 13.4. The largest absolute Gasteiger partial charge is 0.325 e. The molecule has 0 aliphatic heterocycles. The molecule has 0 bridgehead atoms. The summed E-state index contributed by atoms with van der Waals surface area (Å²) in [5.41, 5.74) is 6.90. The first-order valence-electron chi connectivity index (χ1n) is 14.9. The number of anilines is 1. The molecule has 0 saturated heterocycles. The molecule has 1 amide bonds. The Labute approximate surface area is 280 Å². The zero-order valence-corrected chi connectivity index (χ0v) is 27.9. The minimum absolute atomic E-state index is 0.138. The molecule has 5 aromatic rings. The van der Waals surface area contributed by atoms with Crippen LogP contribution in [0.4, 0.5) is 5.69 Å². The summed E-state index contributed by atoms with van der Waals surface area (Å²) in [5.74, 6) is 0.724. The molecule has 1 N–H and O–H groups in total. The Morgan fingerprint density at radius 3 is 2.33 bits per heavy atom. The van der Waals surface area contributed by atoms with E-state index >= 15 is 0 Å². The van der Waals surface area contributed by atoms with Crippen LogP contribution in [0.25, 0.3) is 34.1 Å². The predicted molar refractivity (Wildman–Crippen MR) is 189 cm³/mol. The van der Waals surface area contributed by atoms with Gasteiger partial charge in [-0.25, -0.2) is 9.71 Å². The fourth-order valence-corrected chi connectivity index (χ4v) is 6.21. The van der Waals surface area contributed by atoms with E-state index in [2.05, 4.69) is 67.6 Å². The van der Waals surface area contributed by atoms with Crippen LogP contribution in [0.5, 0.6) is 0 Å². The molecule has 4 aromatic carbocycles. The molecule has 7 nitrogen and oxygen atoms in total. The Bertz CT molecular complexity index is 1950. The molecular weight excluding hydrogens is 639 g/mol. The average Bonchev–Trinajstić information content (AvgIpc) is 3.46. The molecule has 0 atom stereocenters. The van der Waals surface area contributed by atoms with Crippen molar-refractivity contribution in [3.63, 3.8) is 0 Å². The Kier molecular flexibility index (Phi) is 10.6. The Morgan fingerprint density at radius 2 is 1.65 bits per heavy atom. The van der Waals surface area contributed by atoms with Gasteiger partial charge in [-0.1, -0.05) is 110 Å². The topological polar surface area (TPSA) is 84.3 Å². The van der Waals surface area contributed by atoms with Gasteiger partial charge < -0.3 is 4.57 Å². The van der Waals surface area contributed by atoms with Gasteiger partial charge in [0.05, 0.1) is 16.4 Å². The lowest BCUT2D eigenvalue weighted by Gasteiger charge is -2.19. The molecule has 0 unspecified atom stereocenters. The molecule has 0 fully saturated rings. The van der Waals surface area contributed by atoms with Gasteiger partial charge in [-0.3, -0.25) is 9.10 Å². The van der Waals surface area contributed by atoms with Gasteiger partial charge in [-0.2, -0.15) is 8.42 Å². The standard InChI is InChI=1S/C36H34Cl2N4O3S/c1-3-4-5-6-8-26-11-15-28(16-12-26)29-17-13-27(14-18-29)21-36-40-35(33-20-19-30(37)22-34(33)38)24-42(36)32-10-7-9-31(23-32)41(2)46(44,45)39-25-43/h6-20,22-25H,3-5,21H2,1-2H3,(H,39,43)/b8-6+. The summed E-state index contributed by atoms with van der Waals surface area (Å²) in [6.07, 6.45) is 10.4. The number of unbranched alkanes of at least 4 members (excludes halogenated alkanes) is 2. The number of carbonyl (C=O) groups excluding carboxylic acids is 1. The van der Waals surface area contributed by atoms with Gasteiger partial charge in [0.1, 0.15) is 5.82 Å². The molecule has 5 rings (SSSR count). The molecule has 0 saturated carbocycles. The predicted octanol–water partition coefficient (Wildman–Crippen LogP) is 8.73. The monoisotopic (exact) mass is 672 g/mol. The summed E-state index contributed by atoms with van der Waals surface area (Å²) >= 11 is 12.7. The maximum Gasteiger partial charge on any atom is 0.325 e. The molecule has 46 heavy (non-hydrogen) atoms. The number of allylic oxidation sites excluding steroid dienone is 1. The number of halogens is 2. The summed E-state index contributed by atoms with van der Waals surface area (Å²) in [5, 5.41) is 0.988. The number of imidazole rings is 1. The van der Waals surface area contributed by atoms with Crippen molar-refractivity contribution in [2.75, 3.05) is 11.4 Å². The lowest BCUT2D eigenvalue weighted by atomic mass is 10.0. The first-order chi connectivity index (χ1) is 22.2. The number of rotatable bonds is 13. The highest BCUT2D eigenvalue weighted by Crippen LogP contribution is 2.32. The fourth-order valence-electron chi connectivity index (χ4n) is 5.04. The normalized spacial score (nSPS) is 11.6. The quantitative estimate of drug-likeness (QED) is 0.100. The number of amides is 1. The number of benzene rings is 4. The molecule has 0 aliphatic carbocycles. The van der Waals surface area contributed by atoms with Crippen molar-refractivity contribution in [3.05, 3.63) is 130 Å². The number of hydrogen-bond acceptors (Lipinski definition) is 4. The molecule has 1 heterocycles. The van der Waals surface area contributed by atoms with Crippen LogP contribution in [-0.2, 0) is 21.4 Å². The van der Waals surface area contributed by atoms with E-state index in [1.807, 2.05) is 27.6 Å². The number of nitrogens with one attached hydrogen (secondary N) is 1. The number of nitrogens with zero attached hydrogens (tertiary/aromatic N) is 3. The van der Waals surface area contributed by atoms with Crippen LogP contribution >= 0.6 is 23.2 Å². The van der Waals surface area contributed by atoms with Crippen molar-refractivity contribution in [1.29, 1.82) is 0 Å². The van der Waals surface area contributed by atoms with Crippen molar-refractivity contribution in [2.45, 2.75) is 32.6 Å². The molecule has 10 heteroatoms. The van der Waals surface area contributed by atoms with E-state index in [0.717, 1.165) is 38.8 Å². The van der Waals surface area contributed by atoms with Crippen LogP contribution < -0.4 is 9.03 Å². The highest BCUT2D eigenvalue weighted by molar-refractivity contribution is 7.91. The highest BCUT2D eigenvalue weighted by Gasteiger charge is 2.19. The molecule has 0 spiro atoms. The number of hydrogen-bond donors (Lipinski definition) is 1. The molecule has 236 valence electrons. The lowest BCUT2D eigenvalue weighted by Crippen LogP contribution is -2.37. The summed E-state index contributed by atoms with van der Waals surface area (Å²) in [7, 11) is -2.67. The summed E-state index contributed by atoms with van der Waals surface area (Å²) < 4.78 is 29.8. The van der Waals surface area contributed by atoms with Crippen LogP contribution in [0.2, 0.25) is 10.0 Å². The van der Waals surface area contributed by atoms with Gasteiger partial charge in [-0.05, 0) is 65.1 Å². The van der Waals surface area contributed by atoms with Crippen LogP contribution in [-0.4, -0.2) is 31.4 Å². The van der Waals surface area contributed by atoms with Crippen molar-refractivity contribution in [1.82, 2.24) is 14.3 Å². The first-order valence-corrected chi connectivity index (χ1v) is 17.1. The third-order valence-electron chi connectivity index (χ3n) is 7.61. The fraction of sp³-hybridized carbons (Fsp3) is 0.167. The number of carbonyl (C=O) groups is 1. The van der Waals surface area contributed by atoms with E-state index in [1.54, 1.807) is 30.3 Å². The minimum atomic E-state index is -4.05. The van der Waals surface area contributed by atoms with E-state index in [-0.39, 0.29) is 6.41 Å². The number of aromatic nitrogens is 2. The Hall–Kier alpha value is -4.37. The van der Waals surface area contributed by atoms with Crippen molar-refractivity contribution in [3.8, 4) is 28.1 Å². The van der Waals surface area contributed by atoms with Gasteiger partial charge in [0.15, 0.2) is 0 Å². The summed E-state index contributed by atoms with van der Waals surface area (Å²) in [6, 6.07) is 29.2. The van der Waals surface area contributed by atoms with E-state index in [4.69, 9.17) is 28.2 Å². The second-order valence-electron chi connectivity index (χ2n) is 10.8. The lowest BCUT2D eigenvalue weighted by molar-refractivity contribution is -0.108. The van der Waals surface area contributed by atoms with E-state index in [9.17, 15) is 13.2 Å². The van der Waals surface area contributed by atoms with Crippen molar-refractivity contribution >= 4 is 51.6 Å². The van der Waals surface area contributed by atoms with Gasteiger partial charge in [0, 0.05) is 35.9 Å². The maximum absolute atomic E-state index is 12.5. The molecule has 0 aliphatic rings. The van der Waals surface area contributed by atoms with Gasteiger partial charge in [0.25, 0.3) is 0 Å². The van der Waals surface area contributed by atoms with Gasteiger partial charge in [0.2, 0.25) is 6.41 Å². The summed E-state index contributed by atoms with van der Waals surface area (Å²) in [6.45, 7) is 2.20. The summed E-state index contributed by atoms with van der Waals surface area (Å²) in [4.78, 5) is 15.8. The van der Waals surface area contributed by atoms with Crippen LogP contribution in [0.3, 0.4) is 0 Å². The van der Waals surface area contributed by atoms with Gasteiger partial charge >= 0.3 is 10.2 Å². The van der Waals surface area contributed by atoms with Crippen molar-refractivity contribution < 1.29 is 13.2 Å². The van der Waals surface area contributed by atoms with E-state index < -0.39 is 10.2 Å². The smallest absolute Gasteiger partial charge is 0.303 e. The zero-order chi connectivity index (χ0) is 32.7. The van der Waals surface area contributed by atoms with Crippen molar-refractivity contribution in [2.24, 2.45) is 0 Å².